The van der Waals surface area contributed by atoms with Gasteiger partial charge in [-0.2, -0.15) is 0 Å². The van der Waals surface area contributed by atoms with E-state index in [1.807, 2.05) is 36.4 Å². The van der Waals surface area contributed by atoms with Gasteiger partial charge in [0.1, 0.15) is 0 Å². The highest BCUT2D eigenvalue weighted by Gasteiger charge is 2.14. The topological polar surface area (TPSA) is 20.2 Å². The molecule has 2 rings (SSSR count). The van der Waals surface area contributed by atoms with Crippen LogP contribution in [0, 0.1) is 17.8 Å². The standard InChI is InChI=1S/C14H14O/c15-14-10-9-13(11-14)8-4-7-12-5-2-1-3-6-12/h1-3,5-6,9-10,13-15H,8,11H2. The summed E-state index contributed by atoms with van der Waals surface area (Å²) in [5.41, 5.74) is 1.06. The van der Waals surface area contributed by atoms with E-state index in [4.69, 9.17) is 0 Å². The first-order chi connectivity index (χ1) is 7.34. The van der Waals surface area contributed by atoms with Crippen molar-refractivity contribution in [2.75, 3.05) is 0 Å². The molecule has 1 nitrogen and oxygen atoms in total. The quantitative estimate of drug-likeness (QED) is 0.542. The van der Waals surface area contributed by atoms with Crippen molar-refractivity contribution in [1.82, 2.24) is 0 Å². The Morgan fingerprint density at radius 1 is 1.20 bits per heavy atom. The van der Waals surface area contributed by atoms with Crippen LogP contribution in [-0.2, 0) is 0 Å². The van der Waals surface area contributed by atoms with E-state index in [2.05, 4.69) is 17.9 Å². The van der Waals surface area contributed by atoms with Crippen molar-refractivity contribution in [3.8, 4) is 11.8 Å². The van der Waals surface area contributed by atoms with Gasteiger partial charge >= 0.3 is 0 Å². The molecule has 0 amide bonds. The molecule has 1 aromatic carbocycles. The van der Waals surface area contributed by atoms with Crippen LogP contribution in [0.3, 0.4) is 0 Å². The SMILES string of the molecule is OC1C=CC(CC#Cc2ccccc2)C1. The van der Waals surface area contributed by atoms with Crippen LogP contribution in [0.5, 0.6) is 0 Å². The van der Waals surface area contributed by atoms with Crippen molar-refractivity contribution < 1.29 is 5.11 Å². The van der Waals surface area contributed by atoms with Crippen LogP contribution in [0.1, 0.15) is 18.4 Å². The minimum Gasteiger partial charge on any atom is -0.389 e. The normalized spacial score (nSPS) is 23.5. The summed E-state index contributed by atoms with van der Waals surface area (Å²) < 4.78 is 0. The molecule has 0 aromatic heterocycles. The molecule has 1 aliphatic rings. The van der Waals surface area contributed by atoms with Gasteiger partial charge in [0.05, 0.1) is 6.10 Å². The number of hydrogen-bond acceptors (Lipinski definition) is 1. The maximum Gasteiger partial charge on any atom is 0.0727 e. The average molecular weight is 198 g/mol. The number of aliphatic hydroxyl groups excluding tert-OH is 1. The predicted octanol–water partition coefficient (Wildman–Crippen LogP) is 2.37. The van der Waals surface area contributed by atoms with E-state index in [1.165, 1.54) is 0 Å². The van der Waals surface area contributed by atoms with Gasteiger partial charge in [-0.15, -0.1) is 0 Å². The van der Waals surface area contributed by atoms with Gasteiger partial charge in [-0.25, -0.2) is 0 Å². The lowest BCUT2D eigenvalue weighted by atomic mass is 10.0. The Morgan fingerprint density at radius 2 is 2.00 bits per heavy atom. The Morgan fingerprint density at radius 3 is 2.67 bits per heavy atom. The van der Waals surface area contributed by atoms with Gasteiger partial charge in [0.2, 0.25) is 0 Å². The number of allylic oxidation sites excluding steroid dienone is 1. The monoisotopic (exact) mass is 198 g/mol. The molecule has 0 aliphatic heterocycles. The molecule has 1 aliphatic carbocycles. The maximum absolute atomic E-state index is 9.28. The van der Waals surface area contributed by atoms with Crippen LogP contribution in [-0.4, -0.2) is 11.2 Å². The van der Waals surface area contributed by atoms with E-state index in [-0.39, 0.29) is 6.10 Å². The molecule has 1 heteroatoms. The Bertz CT molecular complexity index is 394. The molecule has 1 aromatic rings. The van der Waals surface area contributed by atoms with Gasteiger partial charge < -0.3 is 5.11 Å². The molecule has 0 heterocycles. The second-order valence-electron chi connectivity index (χ2n) is 3.82. The van der Waals surface area contributed by atoms with Crippen molar-refractivity contribution in [1.29, 1.82) is 0 Å². The highest BCUT2D eigenvalue weighted by molar-refractivity contribution is 5.33. The highest BCUT2D eigenvalue weighted by atomic mass is 16.3. The van der Waals surface area contributed by atoms with Crippen molar-refractivity contribution in [2.45, 2.75) is 18.9 Å². The van der Waals surface area contributed by atoms with Crippen molar-refractivity contribution >= 4 is 0 Å². The number of hydrogen-bond donors (Lipinski definition) is 1. The summed E-state index contributed by atoms with van der Waals surface area (Å²) in [6.45, 7) is 0. The third-order valence-corrected chi connectivity index (χ3v) is 2.52. The summed E-state index contributed by atoms with van der Waals surface area (Å²) in [6.07, 6.45) is 5.32. The zero-order valence-corrected chi connectivity index (χ0v) is 8.56. The molecule has 1 N–H and O–H groups in total. The van der Waals surface area contributed by atoms with Crippen LogP contribution < -0.4 is 0 Å². The molecular formula is C14H14O. The van der Waals surface area contributed by atoms with Crippen LogP contribution in [0.25, 0.3) is 0 Å². The second-order valence-corrected chi connectivity index (χ2v) is 3.82. The van der Waals surface area contributed by atoms with E-state index >= 15 is 0 Å². The average Bonchev–Trinajstić information content (AvgIpc) is 2.66. The lowest BCUT2D eigenvalue weighted by Gasteiger charge is -2.02. The smallest absolute Gasteiger partial charge is 0.0727 e. The summed E-state index contributed by atoms with van der Waals surface area (Å²) in [7, 11) is 0. The zero-order valence-electron chi connectivity index (χ0n) is 8.56. The molecule has 0 radical (unpaired) electrons. The van der Waals surface area contributed by atoms with Crippen molar-refractivity contribution in [3.63, 3.8) is 0 Å². The lowest BCUT2D eigenvalue weighted by Crippen LogP contribution is -2.00. The van der Waals surface area contributed by atoms with E-state index in [9.17, 15) is 5.11 Å². The minimum atomic E-state index is -0.256. The lowest BCUT2D eigenvalue weighted by molar-refractivity contribution is 0.211. The fourth-order valence-electron chi connectivity index (χ4n) is 1.71. The molecule has 2 atom stereocenters. The Kier molecular flexibility index (Phi) is 3.22. The summed E-state index contributed by atoms with van der Waals surface area (Å²) in [6, 6.07) is 9.98. The molecule has 0 fully saturated rings. The summed E-state index contributed by atoms with van der Waals surface area (Å²) >= 11 is 0. The largest absolute Gasteiger partial charge is 0.389 e. The van der Waals surface area contributed by atoms with Crippen molar-refractivity contribution in [3.05, 3.63) is 48.0 Å². The third-order valence-electron chi connectivity index (χ3n) is 2.52. The number of rotatable bonds is 1. The molecule has 0 bridgehead atoms. The molecule has 0 saturated carbocycles. The summed E-state index contributed by atoms with van der Waals surface area (Å²) in [5.74, 6) is 6.70. The first-order valence-corrected chi connectivity index (χ1v) is 5.25. The first-order valence-electron chi connectivity index (χ1n) is 5.25. The van der Waals surface area contributed by atoms with Gasteiger partial charge in [0, 0.05) is 12.0 Å². The fraction of sp³-hybridized carbons (Fsp3) is 0.286. The van der Waals surface area contributed by atoms with Gasteiger partial charge in [-0.05, 0) is 24.5 Å². The van der Waals surface area contributed by atoms with Gasteiger partial charge in [0.15, 0.2) is 0 Å². The fourth-order valence-corrected chi connectivity index (χ4v) is 1.71. The Labute approximate surface area is 90.4 Å². The Hall–Kier alpha value is -1.52. The predicted molar refractivity (Wildman–Crippen MR) is 61.2 cm³/mol. The highest BCUT2D eigenvalue weighted by Crippen LogP contribution is 2.20. The van der Waals surface area contributed by atoms with Gasteiger partial charge in [-0.3, -0.25) is 0 Å². The minimum absolute atomic E-state index is 0.256. The number of benzene rings is 1. The second kappa shape index (κ2) is 4.82. The van der Waals surface area contributed by atoms with Crippen LogP contribution in [0.4, 0.5) is 0 Å². The molecule has 15 heavy (non-hydrogen) atoms. The van der Waals surface area contributed by atoms with E-state index in [0.29, 0.717) is 5.92 Å². The first kappa shape index (κ1) is 10.0. The molecule has 2 unspecified atom stereocenters. The van der Waals surface area contributed by atoms with Crippen LogP contribution in [0.2, 0.25) is 0 Å². The van der Waals surface area contributed by atoms with Crippen molar-refractivity contribution in [2.24, 2.45) is 5.92 Å². The van der Waals surface area contributed by atoms with Crippen LogP contribution >= 0.6 is 0 Å². The maximum atomic E-state index is 9.28. The van der Waals surface area contributed by atoms with Gasteiger partial charge in [0.25, 0.3) is 0 Å². The van der Waals surface area contributed by atoms with E-state index in [0.717, 1.165) is 18.4 Å². The van der Waals surface area contributed by atoms with E-state index in [1.54, 1.807) is 0 Å². The molecule has 76 valence electrons. The molecule has 0 spiro atoms. The van der Waals surface area contributed by atoms with Gasteiger partial charge in [-0.1, -0.05) is 42.2 Å². The summed E-state index contributed by atoms with van der Waals surface area (Å²) in [5, 5.41) is 9.28. The zero-order chi connectivity index (χ0) is 10.5. The van der Waals surface area contributed by atoms with E-state index < -0.39 is 0 Å². The molecular weight excluding hydrogens is 184 g/mol. The third kappa shape index (κ3) is 2.97. The number of aliphatic hydroxyl groups is 1. The Balaban J connectivity index is 1.89. The van der Waals surface area contributed by atoms with Crippen LogP contribution in [0.15, 0.2) is 42.5 Å². The summed E-state index contributed by atoms with van der Waals surface area (Å²) in [4.78, 5) is 0. The molecule has 0 saturated heterocycles.